The van der Waals surface area contributed by atoms with Crippen molar-refractivity contribution in [1.29, 1.82) is 0 Å². The second kappa shape index (κ2) is 8.40. The quantitative estimate of drug-likeness (QED) is 0.791. The van der Waals surface area contributed by atoms with Crippen LogP contribution in [-0.4, -0.2) is 77.0 Å². The molecule has 2 unspecified atom stereocenters. The molecule has 0 spiro atoms. The van der Waals surface area contributed by atoms with E-state index in [1.165, 1.54) is 5.56 Å². The zero-order chi connectivity index (χ0) is 19.4. The van der Waals surface area contributed by atoms with E-state index < -0.39 is 17.4 Å². The monoisotopic (exact) mass is 373 g/mol. The summed E-state index contributed by atoms with van der Waals surface area (Å²) in [6.07, 6.45) is 2.61. The number of aliphatic hydroxyl groups excluding tert-OH is 1. The predicted molar refractivity (Wildman–Crippen MR) is 104 cm³/mol. The lowest BCUT2D eigenvalue weighted by atomic mass is 10.0. The summed E-state index contributed by atoms with van der Waals surface area (Å²) < 4.78 is 0. The van der Waals surface area contributed by atoms with Gasteiger partial charge in [0.25, 0.3) is 0 Å². The van der Waals surface area contributed by atoms with E-state index in [2.05, 4.69) is 29.2 Å². The first-order valence-electron chi connectivity index (χ1n) is 9.87. The van der Waals surface area contributed by atoms with E-state index in [-0.39, 0.29) is 6.61 Å². The van der Waals surface area contributed by atoms with E-state index in [4.69, 9.17) is 0 Å². The van der Waals surface area contributed by atoms with Gasteiger partial charge in [-0.2, -0.15) is 0 Å². The summed E-state index contributed by atoms with van der Waals surface area (Å²) in [6.45, 7) is 5.78. The topological polar surface area (TPSA) is 64.1 Å². The zero-order valence-corrected chi connectivity index (χ0v) is 16.4. The molecular formula is C21H31N3O3. The minimum Gasteiger partial charge on any atom is -0.394 e. The fraction of sp³-hybridized carbons (Fsp3) is 0.619. The third kappa shape index (κ3) is 4.50. The Bertz CT molecular complexity index is 666. The van der Waals surface area contributed by atoms with Gasteiger partial charge in [-0.05, 0) is 44.2 Å². The number of amides is 2. The van der Waals surface area contributed by atoms with Gasteiger partial charge >= 0.3 is 11.8 Å². The molecule has 2 heterocycles. The number of aliphatic hydroxyl groups is 1. The molecule has 2 aliphatic heterocycles. The molecule has 0 aliphatic carbocycles. The number of nitrogens with zero attached hydrogens (tertiary/aromatic N) is 3. The minimum atomic E-state index is -0.604. The van der Waals surface area contributed by atoms with Crippen LogP contribution in [0.2, 0.25) is 0 Å². The number of hydrogen-bond donors (Lipinski definition) is 1. The summed E-state index contributed by atoms with van der Waals surface area (Å²) in [5.74, 6) is -0.554. The van der Waals surface area contributed by atoms with Crippen molar-refractivity contribution in [2.24, 2.45) is 5.92 Å². The Morgan fingerprint density at radius 2 is 2.00 bits per heavy atom. The lowest BCUT2D eigenvalue weighted by Gasteiger charge is -2.34. The Morgan fingerprint density at radius 3 is 2.70 bits per heavy atom. The van der Waals surface area contributed by atoms with Gasteiger partial charge in [0, 0.05) is 33.2 Å². The molecule has 1 aromatic rings. The molecule has 2 atom stereocenters. The average Bonchev–Trinajstić information content (AvgIpc) is 3.28. The summed E-state index contributed by atoms with van der Waals surface area (Å²) in [6, 6.07) is 10.4. The van der Waals surface area contributed by atoms with Crippen LogP contribution in [0.4, 0.5) is 0 Å². The predicted octanol–water partition coefficient (Wildman–Crippen LogP) is 1.34. The molecule has 6 nitrogen and oxygen atoms in total. The smallest absolute Gasteiger partial charge is 0.312 e. The van der Waals surface area contributed by atoms with Crippen LogP contribution in [-0.2, 0) is 16.1 Å². The molecule has 0 radical (unpaired) electrons. The van der Waals surface area contributed by atoms with Gasteiger partial charge in [0.1, 0.15) is 0 Å². The van der Waals surface area contributed by atoms with Gasteiger partial charge in [0.15, 0.2) is 0 Å². The highest BCUT2D eigenvalue weighted by Crippen LogP contribution is 2.29. The van der Waals surface area contributed by atoms with Gasteiger partial charge in [-0.15, -0.1) is 0 Å². The fourth-order valence-electron chi connectivity index (χ4n) is 4.33. The molecular weight excluding hydrogens is 342 g/mol. The molecule has 1 aromatic carbocycles. The summed E-state index contributed by atoms with van der Waals surface area (Å²) in [5, 5.41) is 9.62. The maximum atomic E-state index is 12.7. The number of likely N-dealkylation sites (N-methyl/N-ethyl adjacent to an activating group) is 1. The molecule has 1 N–H and O–H groups in total. The SMILES string of the molecule is CN(CC1CCN(Cc2ccccc2)C1)C(=O)C(=O)N1CCCC1(C)CO. The largest absolute Gasteiger partial charge is 0.394 e. The second-order valence-electron chi connectivity index (χ2n) is 8.28. The number of benzene rings is 1. The third-order valence-corrected chi connectivity index (χ3v) is 6.02. The van der Waals surface area contributed by atoms with Crippen molar-refractivity contribution in [2.75, 3.05) is 39.8 Å². The highest BCUT2D eigenvalue weighted by Gasteiger charge is 2.42. The van der Waals surface area contributed by atoms with Gasteiger partial charge in [-0.3, -0.25) is 14.5 Å². The van der Waals surface area contributed by atoms with Crippen LogP contribution in [0.25, 0.3) is 0 Å². The number of likely N-dealkylation sites (tertiary alicyclic amines) is 2. The molecule has 0 bridgehead atoms. The average molecular weight is 373 g/mol. The standard InChI is InChI=1S/C21H31N3O3/c1-21(16-25)10-6-11-24(21)20(27)19(26)22(2)13-18-9-12-23(15-18)14-17-7-4-3-5-8-17/h3-5,7-8,18,25H,6,9-16H2,1-2H3. The summed E-state index contributed by atoms with van der Waals surface area (Å²) >= 11 is 0. The highest BCUT2D eigenvalue weighted by molar-refractivity contribution is 6.35. The van der Waals surface area contributed by atoms with E-state index in [0.717, 1.165) is 38.9 Å². The van der Waals surface area contributed by atoms with Gasteiger partial charge in [0.2, 0.25) is 0 Å². The van der Waals surface area contributed by atoms with Gasteiger partial charge in [-0.25, -0.2) is 0 Å². The Balaban J connectivity index is 1.51. The van der Waals surface area contributed by atoms with Crippen LogP contribution < -0.4 is 0 Å². The van der Waals surface area contributed by atoms with Crippen molar-refractivity contribution in [1.82, 2.24) is 14.7 Å². The second-order valence-corrected chi connectivity index (χ2v) is 8.28. The Morgan fingerprint density at radius 1 is 1.26 bits per heavy atom. The molecule has 2 aliphatic rings. The van der Waals surface area contributed by atoms with Crippen LogP contribution in [0.15, 0.2) is 30.3 Å². The number of rotatable bonds is 5. The molecule has 27 heavy (non-hydrogen) atoms. The van der Waals surface area contributed by atoms with E-state index in [0.29, 0.717) is 19.0 Å². The zero-order valence-electron chi connectivity index (χ0n) is 16.4. The molecule has 0 aromatic heterocycles. The fourth-order valence-corrected chi connectivity index (χ4v) is 4.33. The van der Waals surface area contributed by atoms with Crippen molar-refractivity contribution in [2.45, 2.75) is 38.3 Å². The molecule has 2 fully saturated rings. The molecule has 0 saturated carbocycles. The highest BCUT2D eigenvalue weighted by atomic mass is 16.3. The van der Waals surface area contributed by atoms with Crippen molar-refractivity contribution in [3.8, 4) is 0 Å². The van der Waals surface area contributed by atoms with Crippen LogP contribution in [0, 0.1) is 5.92 Å². The normalized spacial score (nSPS) is 25.7. The van der Waals surface area contributed by atoms with Gasteiger partial charge < -0.3 is 14.9 Å². The molecule has 148 valence electrons. The summed E-state index contributed by atoms with van der Waals surface area (Å²) in [7, 11) is 1.71. The lowest BCUT2D eigenvalue weighted by Crippen LogP contribution is -2.53. The molecule has 2 saturated heterocycles. The van der Waals surface area contributed by atoms with Crippen LogP contribution in [0.5, 0.6) is 0 Å². The van der Waals surface area contributed by atoms with Crippen molar-refractivity contribution >= 4 is 11.8 Å². The van der Waals surface area contributed by atoms with Gasteiger partial charge in [-0.1, -0.05) is 30.3 Å². The van der Waals surface area contributed by atoms with Crippen LogP contribution >= 0.6 is 0 Å². The van der Waals surface area contributed by atoms with Gasteiger partial charge in [0.05, 0.1) is 12.1 Å². The van der Waals surface area contributed by atoms with E-state index in [9.17, 15) is 14.7 Å². The maximum absolute atomic E-state index is 12.7. The number of carbonyl (C=O) groups excluding carboxylic acids is 2. The van der Waals surface area contributed by atoms with Crippen molar-refractivity contribution < 1.29 is 14.7 Å². The van der Waals surface area contributed by atoms with Crippen molar-refractivity contribution in [3.63, 3.8) is 0 Å². The Hall–Kier alpha value is -1.92. The molecule has 3 rings (SSSR count). The third-order valence-electron chi connectivity index (χ3n) is 6.02. The first kappa shape index (κ1) is 19.8. The van der Waals surface area contributed by atoms with E-state index >= 15 is 0 Å². The van der Waals surface area contributed by atoms with E-state index in [1.807, 2.05) is 13.0 Å². The van der Waals surface area contributed by atoms with Crippen LogP contribution in [0.1, 0.15) is 31.7 Å². The molecule has 2 amide bonds. The number of carbonyl (C=O) groups is 2. The summed E-state index contributed by atoms with van der Waals surface area (Å²) in [5.41, 5.74) is 0.697. The molecule has 6 heteroatoms. The summed E-state index contributed by atoms with van der Waals surface area (Å²) in [4.78, 5) is 30.8. The Kier molecular flexibility index (Phi) is 6.17. The minimum absolute atomic E-state index is 0.104. The first-order valence-corrected chi connectivity index (χ1v) is 9.87. The van der Waals surface area contributed by atoms with Crippen molar-refractivity contribution in [3.05, 3.63) is 35.9 Å². The number of hydrogen-bond acceptors (Lipinski definition) is 4. The first-order chi connectivity index (χ1) is 12.9. The Labute approximate surface area is 161 Å². The van der Waals surface area contributed by atoms with Crippen LogP contribution in [0.3, 0.4) is 0 Å². The lowest BCUT2D eigenvalue weighted by molar-refractivity contribution is -0.154. The van der Waals surface area contributed by atoms with E-state index in [1.54, 1.807) is 16.8 Å². The maximum Gasteiger partial charge on any atom is 0.312 e.